The maximum Gasteiger partial charge on any atom is 0.141 e. The standard InChI is InChI=1S/C23H25N5O/c1-5-18-7-8-19(23-16(3)25-29-17(23)4)15-22(18)27(6-2)20-9-11-21(12-10-20)28-14-13-24-26-28/h7-15H,5-6H2,1-4H3. The number of anilines is 2. The lowest BCUT2D eigenvalue weighted by Crippen LogP contribution is -2.18. The molecule has 4 rings (SSSR count). The summed E-state index contributed by atoms with van der Waals surface area (Å²) < 4.78 is 7.15. The summed E-state index contributed by atoms with van der Waals surface area (Å²) in [6, 6.07) is 15.0. The maximum absolute atomic E-state index is 5.39. The van der Waals surface area contributed by atoms with Crippen molar-refractivity contribution in [3.63, 3.8) is 0 Å². The number of nitrogens with zero attached hydrogens (tertiary/aromatic N) is 5. The van der Waals surface area contributed by atoms with E-state index in [9.17, 15) is 0 Å². The van der Waals surface area contributed by atoms with Crippen LogP contribution >= 0.6 is 0 Å². The second-order valence-electron chi connectivity index (χ2n) is 7.00. The molecule has 0 aliphatic carbocycles. The first-order valence-corrected chi connectivity index (χ1v) is 9.92. The molecule has 0 saturated heterocycles. The van der Waals surface area contributed by atoms with Gasteiger partial charge in [-0.25, -0.2) is 4.68 Å². The highest BCUT2D eigenvalue weighted by atomic mass is 16.5. The lowest BCUT2D eigenvalue weighted by Gasteiger charge is -2.27. The van der Waals surface area contributed by atoms with E-state index in [-0.39, 0.29) is 0 Å². The van der Waals surface area contributed by atoms with Gasteiger partial charge in [-0.15, -0.1) is 5.10 Å². The van der Waals surface area contributed by atoms with E-state index in [2.05, 4.69) is 76.7 Å². The Bertz CT molecular complexity index is 1080. The van der Waals surface area contributed by atoms with E-state index in [0.717, 1.165) is 46.9 Å². The van der Waals surface area contributed by atoms with Crippen molar-refractivity contribution in [2.75, 3.05) is 11.4 Å². The fraction of sp³-hybridized carbons (Fsp3) is 0.261. The zero-order valence-electron chi connectivity index (χ0n) is 17.3. The van der Waals surface area contributed by atoms with E-state index in [1.165, 1.54) is 11.3 Å². The van der Waals surface area contributed by atoms with Gasteiger partial charge < -0.3 is 9.42 Å². The van der Waals surface area contributed by atoms with Crippen molar-refractivity contribution < 1.29 is 4.52 Å². The lowest BCUT2D eigenvalue weighted by molar-refractivity contribution is 0.393. The first-order valence-electron chi connectivity index (χ1n) is 9.92. The normalized spacial score (nSPS) is 11.0. The highest BCUT2D eigenvalue weighted by Gasteiger charge is 2.17. The third kappa shape index (κ3) is 3.53. The van der Waals surface area contributed by atoms with Crippen LogP contribution < -0.4 is 4.90 Å². The minimum absolute atomic E-state index is 0.845. The molecule has 4 aromatic rings. The third-order valence-corrected chi connectivity index (χ3v) is 5.24. The molecule has 0 fully saturated rings. The fourth-order valence-electron chi connectivity index (χ4n) is 3.79. The molecule has 148 valence electrons. The molecule has 0 spiro atoms. The van der Waals surface area contributed by atoms with E-state index in [1.807, 2.05) is 20.0 Å². The van der Waals surface area contributed by atoms with Gasteiger partial charge in [-0.2, -0.15) is 0 Å². The molecule has 2 aromatic carbocycles. The Morgan fingerprint density at radius 3 is 2.41 bits per heavy atom. The maximum atomic E-state index is 5.39. The van der Waals surface area contributed by atoms with Crippen molar-refractivity contribution in [2.24, 2.45) is 0 Å². The van der Waals surface area contributed by atoms with E-state index < -0.39 is 0 Å². The van der Waals surface area contributed by atoms with Gasteiger partial charge >= 0.3 is 0 Å². The molecule has 0 amide bonds. The second-order valence-corrected chi connectivity index (χ2v) is 7.00. The highest BCUT2D eigenvalue weighted by molar-refractivity contribution is 5.76. The van der Waals surface area contributed by atoms with Crippen LogP contribution in [0.1, 0.15) is 30.9 Å². The summed E-state index contributed by atoms with van der Waals surface area (Å²) in [5.41, 5.74) is 7.77. The van der Waals surface area contributed by atoms with E-state index in [1.54, 1.807) is 10.9 Å². The predicted molar refractivity (Wildman–Crippen MR) is 115 cm³/mol. The molecule has 2 aromatic heterocycles. The van der Waals surface area contributed by atoms with Gasteiger partial charge in [0.15, 0.2) is 0 Å². The molecule has 0 unspecified atom stereocenters. The molecule has 0 bridgehead atoms. The molecule has 6 heteroatoms. The molecule has 0 aliphatic rings. The van der Waals surface area contributed by atoms with Crippen LogP contribution in [0.5, 0.6) is 0 Å². The molecular formula is C23H25N5O. The number of aryl methyl sites for hydroxylation is 3. The predicted octanol–water partition coefficient (Wildman–Crippen LogP) is 5.26. The van der Waals surface area contributed by atoms with Crippen molar-refractivity contribution in [2.45, 2.75) is 34.1 Å². The van der Waals surface area contributed by atoms with Crippen LogP contribution in [0.4, 0.5) is 11.4 Å². The Hall–Kier alpha value is -3.41. The summed E-state index contributed by atoms with van der Waals surface area (Å²) in [7, 11) is 0. The largest absolute Gasteiger partial charge is 0.361 e. The Balaban J connectivity index is 1.75. The van der Waals surface area contributed by atoms with Crippen LogP contribution in [0.3, 0.4) is 0 Å². The van der Waals surface area contributed by atoms with Crippen LogP contribution in [0, 0.1) is 13.8 Å². The molecule has 29 heavy (non-hydrogen) atoms. The van der Waals surface area contributed by atoms with E-state index >= 15 is 0 Å². The van der Waals surface area contributed by atoms with Crippen molar-refractivity contribution >= 4 is 11.4 Å². The minimum atomic E-state index is 0.845. The highest BCUT2D eigenvalue weighted by Crippen LogP contribution is 2.35. The Morgan fingerprint density at radius 1 is 1.03 bits per heavy atom. The molecule has 0 radical (unpaired) electrons. The van der Waals surface area contributed by atoms with Gasteiger partial charge in [0.05, 0.1) is 23.8 Å². The van der Waals surface area contributed by atoms with Gasteiger partial charge in [0.25, 0.3) is 0 Å². The molecule has 0 aliphatic heterocycles. The number of aromatic nitrogens is 4. The smallest absolute Gasteiger partial charge is 0.141 e. The molecule has 0 N–H and O–H groups in total. The first kappa shape index (κ1) is 18.9. The van der Waals surface area contributed by atoms with Crippen LogP contribution in [0.15, 0.2) is 59.4 Å². The monoisotopic (exact) mass is 387 g/mol. The fourth-order valence-corrected chi connectivity index (χ4v) is 3.79. The SMILES string of the molecule is CCc1ccc(-c2c(C)noc2C)cc1N(CC)c1ccc(-n2ccnn2)cc1. The van der Waals surface area contributed by atoms with E-state index in [4.69, 9.17) is 4.52 Å². The van der Waals surface area contributed by atoms with Gasteiger partial charge in [-0.1, -0.05) is 29.4 Å². The Kier molecular flexibility index (Phi) is 5.16. The first-order chi connectivity index (χ1) is 14.1. The van der Waals surface area contributed by atoms with Gasteiger partial charge in [-0.3, -0.25) is 0 Å². The summed E-state index contributed by atoms with van der Waals surface area (Å²) in [5, 5.41) is 12.1. The summed E-state index contributed by atoms with van der Waals surface area (Å²) in [6.45, 7) is 9.17. The van der Waals surface area contributed by atoms with Crippen LogP contribution in [-0.2, 0) is 6.42 Å². The average molecular weight is 387 g/mol. The topological polar surface area (TPSA) is 60.0 Å². The molecule has 0 saturated carbocycles. The van der Waals surface area contributed by atoms with Crippen LogP contribution in [0.2, 0.25) is 0 Å². The zero-order chi connectivity index (χ0) is 20.4. The van der Waals surface area contributed by atoms with Crippen molar-refractivity contribution in [3.8, 4) is 16.8 Å². The van der Waals surface area contributed by atoms with Gasteiger partial charge in [0.1, 0.15) is 5.76 Å². The van der Waals surface area contributed by atoms with Crippen LogP contribution in [0.25, 0.3) is 16.8 Å². The minimum Gasteiger partial charge on any atom is -0.361 e. The Labute approximate surface area is 170 Å². The molecular weight excluding hydrogens is 362 g/mol. The summed E-state index contributed by atoms with van der Waals surface area (Å²) in [4.78, 5) is 2.34. The van der Waals surface area contributed by atoms with Crippen molar-refractivity contribution in [3.05, 3.63) is 71.9 Å². The van der Waals surface area contributed by atoms with Crippen molar-refractivity contribution in [1.29, 1.82) is 0 Å². The number of benzene rings is 2. The second kappa shape index (κ2) is 7.91. The third-order valence-electron chi connectivity index (χ3n) is 5.24. The molecule has 6 nitrogen and oxygen atoms in total. The Morgan fingerprint density at radius 2 is 1.83 bits per heavy atom. The van der Waals surface area contributed by atoms with Gasteiger partial charge in [0, 0.05) is 23.5 Å². The number of hydrogen-bond acceptors (Lipinski definition) is 5. The van der Waals surface area contributed by atoms with Gasteiger partial charge in [-0.05, 0) is 68.7 Å². The molecule has 2 heterocycles. The van der Waals surface area contributed by atoms with Crippen molar-refractivity contribution in [1.82, 2.24) is 20.2 Å². The number of hydrogen-bond donors (Lipinski definition) is 0. The summed E-state index contributed by atoms with van der Waals surface area (Å²) in [6.07, 6.45) is 4.49. The lowest BCUT2D eigenvalue weighted by atomic mass is 9.99. The van der Waals surface area contributed by atoms with E-state index in [0.29, 0.717) is 0 Å². The van der Waals surface area contributed by atoms with Crippen LogP contribution in [-0.4, -0.2) is 26.7 Å². The quantitative estimate of drug-likeness (QED) is 0.452. The average Bonchev–Trinajstić information content (AvgIpc) is 3.39. The van der Waals surface area contributed by atoms with Gasteiger partial charge in [0.2, 0.25) is 0 Å². The molecule has 0 atom stereocenters. The zero-order valence-corrected chi connectivity index (χ0v) is 17.3. The summed E-state index contributed by atoms with van der Waals surface area (Å²) >= 11 is 0. The number of rotatable bonds is 6. The summed E-state index contributed by atoms with van der Waals surface area (Å²) in [5.74, 6) is 0.845.